The molecule has 0 aliphatic heterocycles. The molecular formula is C27H40N2O2. The molecule has 0 saturated heterocycles. The molecule has 0 aliphatic rings. The zero-order valence-corrected chi connectivity index (χ0v) is 19.7. The zero-order valence-electron chi connectivity index (χ0n) is 19.7. The molecule has 0 aliphatic carbocycles. The summed E-state index contributed by atoms with van der Waals surface area (Å²) in [4.78, 5) is 20.9. The second kappa shape index (κ2) is 14.7. The highest BCUT2D eigenvalue weighted by Gasteiger charge is 2.13. The molecule has 4 nitrogen and oxygen atoms in total. The fraction of sp³-hybridized carbons (Fsp3) is 0.593. The lowest BCUT2D eigenvalue weighted by molar-refractivity contribution is -0.138. The summed E-state index contributed by atoms with van der Waals surface area (Å²) >= 11 is 0. The Morgan fingerprint density at radius 3 is 1.94 bits per heavy atom. The van der Waals surface area contributed by atoms with E-state index in [0.717, 1.165) is 18.4 Å². The maximum atomic E-state index is 11.9. The first-order chi connectivity index (χ1) is 15.1. The number of aryl methyl sites for hydroxylation is 1. The Labute approximate surface area is 188 Å². The summed E-state index contributed by atoms with van der Waals surface area (Å²) in [6.07, 6.45) is 19.2. The average Bonchev–Trinajstić information content (AvgIpc) is 2.80. The van der Waals surface area contributed by atoms with Crippen molar-refractivity contribution in [2.24, 2.45) is 5.92 Å². The highest BCUT2D eigenvalue weighted by Crippen LogP contribution is 2.21. The van der Waals surface area contributed by atoms with Crippen molar-refractivity contribution in [3.05, 3.63) is 42.2 Å². The molecule has 1 unspecified atom stereocenters. The Kier molecular flexibility index (Phi) is 11.9. The molecule has 1 atom stereocenters. The number of aromatic nitrogens is 2. The number of hydrogen-bond acceptors (Lipinski definition) is 4. The largest absolute Gasteiger partial charge is 0.426 e. The van der Waals surface area contributed by atoms with Crippen molar-refractivity contribution in [3.63, 3.8) is 0 Å². The van der Waals surface area contributed by atoms with E-state index < -0.39 is 0 Å². The second-order valence-electron chi connectivity index (χ2n) is 8.60. The quantitative estimate of drug-likeness (QED) is 0.168. The monoisotopic (exact) mass is 424 g/mol. The van der Waals surface area contributed by atoms with Crippen LogP contribution in [0.1, 0.15) is 97.0 Å². The molecule has 170 valence electrons. The molecule has 0 N–H and O–H groups in total. The van der Waals surface area contributed by atoms with Crippen LogP contribution >= 0.6 is 0 Å². The van der Waals surface area contributed by atoms with Gasteiger partial charge in [0.05, 0.1) is 5.92 Å². The number of ether oxygens (including phenoxy) is 1. The van der Waals surface area contributed by atoms with Crippen molar-refractivity contribution in [2.45, 2.75) is 97.8 Å². The molecule has 0 radical (unpaired) electrons. The van der Waals surface area contributed by atoms with Crippen molar-refractivity contribution in [1.82, 2.24) is 9.97 Å². The lowest BCUT2D eigenvalue weighted by atomic mass is 10.0. The van der Waals surface area contributed by atoms with E-state index >= 15 is 0 Å². The van der Waals surface area contributed by atoms with Gasteiger partial charge < -0.3 is 4.74 Å². The average molecular weight is 425 g/mol. The van der Waals surface area contributed by atoms with Crippen molar-refractivity contribution in [3.8, 4) is 17.1 Å². The lowest BCUT2D eigenvalue weighted by Gasteiger charge is -2.09. The number of hydrogen-bond donors (Lipinski definition) is 0. The number of nitrogens with zero attached hydrogens (tertiary/aromatic N) is 2. The van der Waals surface area contributed by atoms with Crippen LogP contribution in [-0.4, -0.2) is 15.9 Å². The Hall–Kier alpha value is -2.23. The molecule has 0 spiro atoms. The highest BCUT2D eigenvalue weighted by molar-refractivity contribution is 5.74. The summed E-state index contributed by atoms with van der Waals surface area (Å²) in [6.45, 7) is 6.12. The van der Waals surface area contributed by atoms with Crippen LogP contribution in [-0.2, 0) is 11.2 Å². The van der Waals surface area contributed by atoms with E-state index in [1.165, 1.54) is 69.8 Å². The number of carbonyl (C=O) groups excluding carboxylic acids is 1. The van der Waals surface area contributed by atoms with E-state index in [1.54, 1.807) is 12.1 Å². The third-order valence-corrected chi connectivity index (χ3v) is 5.87. The van der Waals surface area contributed by atoms with Gasteiger partial charge in [-0.2, -0.15) is 0 Å². The van der Waals surface area contributed by atoms with E-state index in [0.29, 0.717) is 11.6 Å². The van der Waals surface area contributed by atoms with Gasteiger partial charge in [0, 0.05) is 18.0 Å². The number of carbonyl (C=O) groups is 1. The first kappa shape index (κ1) is 25.0. The Balaban J connectivity index is 1.68. The SMILES string of the molecule is CCCCCCCCCCCCc1cnc(-c2ccc(OC(=O)C(C)CC)cc2)nc1. The van der Waals surface area contributed by atoms with E-state index in [2.05, 4.69) is 16.9 Å². The minimum atomic E-state index is -0.192. The fourth-order valence-corrected chi connectivity index (χ4v) is 3.50. The van der Waals surface area contributed by atoms with Gasteiger partial charge in [-0.3, -0.25) is 4.79 Å². The van der Waals surface area contributed by atoms with Crippen LogP contribution in [0.5, 0.6) is 5.75 Å². The molecule has 0 fully saturated rings. The molecule has 1 aromatic heterocycles. The Morgan fingerprint density at radius 1 is 0.839 bits per heavy atom. The molecule has 4 heteroatoms. The fourth-order valence-electron chi connectivity index (χ4n) is 3.50. The molecule has 1 aromatic carbocycles. The van der Waals surface area contributed by atoms with Gasteiger partial charge in [-0.25, -0.2) is 9.97 Å². The predicted molar refractivity (Wildman–Crippen MR) is 128 cm³/mol. The van der Waals surface area contributed by atoms with Crippen molar-refractivity contribution in [2.75, 3.05) is 0 Å². The van der Waals surface area contributed by atoms with Gasteiger partial charge in [0.25, 0.3) is 0 Å². The topological polar surface area (TPSA) is 52.1 Å². The van der Waals surface area contributed by atoms with E-state index in [-0.39, 0.29) is 11.9 Å². The normalized spacial score (nSPS) is 12.0. The summed E-state index contributed by atoms with van der Waals surface area (Å²) in [5, 5.41) is 0. The van der Waals surface area contributed by atoms with Crippen LogP contribution in [0.4, 0.5) is 0 Å². The van der Waals surface area contributed by atoms with Gasteiger partial charge >= 0.3 is 5.97 Å². The Bertz CT molecular complexity index is 741. The lowest BCUT2D eigenvalue weighted by Crippen LogP contribution is -2.16. The number of esters is 1. The molecule has 2 rings (SSSR count). The summed E-state index contributed by atoms with van der Waals surface area (Å²) in [6, 6.07) is 7.40. The zero-order chi connectivity index (χ0) is 22.3. The Morgan fingerprint density at radius 2 is 1.39 bits per heavy atom. The van der Waals surface area contributed by atoms with E-state index in [9.17, 15) is 4.79 Å². The van der Waals surface area contributed by atoms with Gasteiger partial charge in [0.2, 0.25) is 0 Å². The number of benzene rings is 1. The number of unbranched alkanes of at least 4 members (excludes halogenated alkanes) is 9. The van der Waals surface area contributed by atoms with Crippen LogP contribution in [0.25, 0.3) is 11.4 Å². The first-order valence-corrected chi connectivity index (χ1v) is 12.3. The summed E-state index contributed by atoms with van der Waals surface area (Å²) in [5.74, 6) is 0.979. The van der Waals surface area contributed by atoms with Gasteiger partial charge in [-0.15, -0.1) is 0 Å². The van der Waals surface area contributed by atoms with Gasteiger partial charge in [0.1, 0.15) is 5.75 Å². The van der Waals surface area contributed by atoms with Crippen LogP contribution in [0.15, 0.2) is 36.7 Å². The first-order valence-electron chi connectivity index (χ1n) is 12.3. The van der Waals surface area contributed by atoms with Crippen molar-refractivity contribution >= 4 is 5.97 Å². The third-order valence-electron chi connectivity index (χ3n) is 5.87. The standard InChI is InChI=1S/C27H40N2O2/c1-4-6-7-8-9-10-11-12-13-14-15-23-20-28-26(29-21-23)24-16-18-25(19-17-24)31-27(30)22(3)5-2/h16-22H,4-15H2,1-3H3. The van der Waals surface area contributed by atoms with Crippen molar-refractivity contribution in [1.29, 1.82) is 0 Å². The molecule has 31 heavy (non-hydrogen) atoms. The minimum absolute atomic E-state index is 0.0916. The predicted octanol–water partition coefficient (Wildman–Crippen LogP) is 7.56. The van der Waals surface area contributed by atoms with Gasteiger partial charge in [-0.1, -0.05) is 78.6 Å². The maximum Gasteiger partial charge on any atom is 0.314 e. The smallest absolute Gasteiger partial charge is 0.314 e. The number of rotatable bonds is 15. The molecule has 0 amide bonds. The van der Waals surface area contributed by atoms with E-state index in [1.807, 2.05) is 38.4 Å². The summed E-state index contributed by atoms with van der Waals surface area (Å²) < 4.78 is 5.40. The molecule has 1 heterocycles. The van der Waals surface area contributed by atoms with Gasteiger partial charge in [-0.05, 0) is 49.1 Å². The molecular weight excluding hydrogens is 384 g/mol. The molecule has 0 saturated carbocycles. The van der Waals surface area contributed by atoms with Crippen LogP contribution in [0.3, 0.4) is 0 Å². The molecule has 2 aromatic rings. The second-order valence-corrected chi connectivity index (χ2v) is 8.60. The summed E-state index contributed by atoms with van der Waals surface area (Å²) in [7, 11) is 0. The van der Waals surface area contributed by atoms with E-state index in [4.69, 9.17) is 4.74 Å². The maximum absolute atomic E-state index is 11.9. The highest BCUT2D eigenvalue weighted by atomic mass is 16.5. The van der Waals surface area contributed by atoms with Crippen LogP contribution in [0, 0.1) is 5.92 Å². The van der Waals surface area contributed by atoms with Crippen LogP contribution < -0.4 is 4.74 Å². The molecule has 0 bridgehead atoms. The minimum Gasteiger partial charge on any atom is -0.426 e. The van der Waals surface area contributed by atoms with Crippen LogP contribution in [0.2, 0.25) is 0 Å². The summed E-state index contributed by atoms with van der Waals surface area (Å²) in [5.41, 5.74) is 2.12. The van der Waals surface area contributed by atoms with Crippen molar-refractivity contribution < 1.29 is 9.53 Å². The third kappa shape index (κ3) is 9.63. The van der Waals surface area contributed by atoms with Gasteiger partial charge in [0.15, 0.2) is 5.82 Å².